The van der Waals surface area contributed by atoms with Crippen molar-refractivity contribution in [3.8, 4) is 0 Å². The third-order valence-electron chi connectivity index (χ3n) is 4.48. The van der Waals surface area contributed by atoms with E-state index in [4.69, 9.17) is 0 Å². The van der Waals surface area contributed by atoms with Crippen molar-refractivity contribution in [2.75, 3.05) is 20.1 Å². The van der Waals surface area contributed by atoms with E-state index in [-0.39, 0.29) is 5.54 Å². The molecule has 0 saturated carbocycles. The molecule has 116 valence electrons. The van der Waals surface area contributed by atoms with Gasteiger partial charge in [0.15, 0.2) is 0 Å². The van der Waals surface area contributed by atoms with Crippen LogP contribution in [0.15, 0.2) is 6.07 Å². The van der Waals surface area contributed by atoms with Gasteiger partial charge in [-0.15, -0.1) is 0 Å². The number of nitrogens with one attached hydrogen (secondary N) is 1. The van der Waals surface area contributed by atoms with Crippen molar-refractivity contribution >= 4 is 0 Å². The van der Waals surface area contributed by atoms with Gasteiger partial charge in [0.1, 0.15) is 0 Å². The molecule has 0 fully saturated rings. The fourth-order valence-corrected chi connectivity index (χ4v) is 3.21. The van der Waals surface area contributed by atoms with Gasteiger partial charge >= 0.3 is 0 Å². The molecule has 1 aromatic rings. The summed E-state index contributed by atoms with van der Waals surface area (Å²) in [5.41, 5.74) is 2.55. The summed E-state index contributed by atoms with van der Waals surface area (Å²) in [6, 6.07) is 2.62. The third-order valence-corrected chi connectivity index (χ3v) is 4.48. The van der Waals surface area contributed by atoms with Crippen LogP contribution in [0.4, 0.5) is 0 Å². The van der Waals surface area contributed by atoms with Crippen LogP contribution in [0.2, 0.25) is 0 Å². The van der Waals surface area contributed by atoms with Gasteiger partial charge in [-0.25, -0.2) is 0 Å². The fourth-order valence-electron chi connectivity index (χ4n) is 3.21. The predicted octanol–water partition coefficient (Wildman–Crippen LogP) is 2.46. The minimum atomic E-state index is 0.120. The lowest BCUT2D eigenvalue weighted by Crippen LogP contribution is -2.58. The van der Waals surface area contributed by atoms with Crippen molar-refractivity contribution in [2.45, 2.75) is 66.1 Å². The molecule has 1 unspecified atom stereocenters. The van der Waals surface area contributed by atoms with Crippen molar-refractivity contribution in [1.82, 2.24) is 20.0 Å². The van der Waals surface area contributed by atoms with Gasteiger partial charge in [-0.3, -0.25) is 9.58 Å². The number of nitrogens with zero attached hydrogens (tertiary/aromatic N) is 3. The number of likely N-dealkylation sites (N-methyl/N-ethyl adjacent to an activating group) is 2. The van der Waals surface area contributed by atoms with E-state index in [1.165, 1.54) is 5.69 Å². The van der Waals surface area contributed by atoms with Gasteiger partial charge in [0, 0.05) is 30.2 Å². The fraction of sp³-hybridized carbons (Fsp3) is 0.812. The Morgan fingerprint density at radius 3 is 2.35 bits per heavy atom. The lowest BCUT2D eigenvalue weighted by molar-refractivity contribution is 0.0935. The van der Waals surface area contributed by atoms with Crippen LogP contribution in [-0.2, 0) is 13.0 Å². The van der Waals surface area contributed by atoms with E-state index < -0.39 is 0 Å². The number of rotatable bonds is 8. The van der Waals surface area contributed by atoms with Gasteiger partial charge in [-0.2, -0.15) is 5.10 Å². The molecule has 0 aromatic carbocycles. The second-order valence-electron chi connectivity index (χ2n) is 5.96. The first-order chi connectivity index (χ1) is 9.40. The number of hydrogen-bond donors (Lipinski definition) is 1. The van der Waals surface area contributed by atoms with E-state index in [1.807, 2.05) is 0 Å². The lowest BCUT2D eigenvalue weighted by Gasteiger charge is -2.43. The van der Waals surface area contributed by atoms with Crippen molar-refractivity contribution in [3.63, 3.8) is 0 Å². The van der Waals surface area contributed by atoms with Crippen LogP contribution >= 0.6 is 0 Å². The third kappa shape index (κ3) is 3.61. The molecule has 20 heavy (non-hydrogen) atoms. The molecule has 0 bridgehead atoms. The maximum Gasteiger partial charge on any atom is 0.0596 e. The minimum absolute atomic E-state index is 0.120. The molecule has 0 saturated heterocycles. The van der Waals surface area contributed by atoms with Crippen LogP contribution in [0.1, 0.15) is 46.0 Å². The molecular formula is C16H32N4. The van der Waals surface area contributed by atoms with E-state index in [0.717, 1.165) is 31.7 Å². The largest absolute Gasteiger partial charge is 0.315 e. The highest BCUT2D eigenvalue weighted by Gasteiger charge is 2.33. The van der Waals surface area contributed by atoms with E-state index in [2.05, 4.69) is 74.7 Å². The minimum Gasteiger partial charge on any atom is -0.315 e. The van der Waals surface area contributed by atoms with Gasteiger partial charge in [0.25, 0.3) is 0 Å². The van der Waals surface area contributed by atoms with E-state index in [1.54, 1.807) is 0 Å². The summed E-state index contributed by atoms with van der Waals surface area (Å²) in [6.07, 6.45) is 1.01. The summed E-state index contributed by atoms with van der Waals surface area (Å²) in [5.74, 6) is 0. The summed E-state index contributed by atoms with van der Waals surface area (Å²) in [5, 5.41) is 8.08. The molecule has 1 atom stereocenters. The summed E-state index contributed by atoms with van der Waals surface area (Å²) >= 11 is 0. The van der Waals surface area contributed by atoms with Crippen molar-refractivity contribution in [2.24, 2.45) is 0 Å². The number of aryl methyl sites for hydroxylation is 2. The highest BCUT2D eigenvalue weighted by Crippen LogP contribution is 2.22. The predicted molar refractivity (Wildman–Crippen MR) is 86.2 cm³/mol. The Labute approximate surface area is 124 Å². The standard InChI is InChI=1S/C16H32N4/c1-8-19(9-2)16(5,6)15(17-7)12-14-11-13(4)18-20(14)10-3/h11,15,17H,8-10,12H2,1-7H3. The summed E-state index contributed by atoms with van der Waals surface area (Å²) in [6.45, 7) is 16.4. The monoisotopic (exact) mass is 280 g/mol. The van der Waals surface area contributed by atoms with Crippen LogP contribution < -0.4 is 5.32 Å². The smallest absolute Gasteiger partial charge is 0.0596 e. The second-order valence-corrected chi connectivity index (χ2v) is 5.96. The number of aromatic nitrogens is 2. The maximum absolute atomic E-state index is 4.56. The quantitative estimate of drug-likeness (QED) is 0.794. The molecule has 0 radical (unpaired) electrons. The molecule has 4 nitrogen and oxygen atoms in total. The topological polar surface area (TPSA) is 33.1 Å². The van der Waals surface area contributed by atoms with Gasteiger partial charge in [0.2, 0.25) is 0 Å². The number of hydrogen-bond acceptors (Lipinski definition) is 3. The van der Waals surface area contributed by atoms with Crippen molar-refractivity contribution in [1.29, 1.82) is 0 Å². The zero-order chi connectivity index (χ0) is 15.3. The highest BCUT2D eigenvalue weighted by molar-refractivity contribution is 5.12. The molecule has 0 aliphatic carbocycles. The Morgan fingerprint density at radius 1 is 1.30 bits per heavy atom. The molecule has 1 heterocycles. The Bertz CT molecular complexity index is 405. The Balaban J connectivity index is 2.95. The van der Waals surface area contributed by atoms with Crippen LogP contribution in [0.5, 0.6) is 0 Å². The van der Waals surface area contributed by atoms with Gasteiger partial charge in [0.05, 0.1) is 5.69 Å². The zero-order valence-corrected chi connectivity index (χ0v) is 14.3. The molecular weight excluding hydrogens is 248 g/mol. The molecule has 0 aliphatic rings. The van der Waals surface area contributed by atoms with Crippen molar-refractivity contribution < 1.29 is 0 Å². The van der Waals surface area contributed by atoms with E-state index in [0.29, 0.717) is 6.04 Å². The second kappa shape index (κ2) is 7.23. The van der Waals surface area contributed by atoms with Gasteiger partial charge in [-0.05, 0) is 53.9 Å². The zero-order valence-electron chi connectivity index (χ0n) is 14.3. The average Bonchev–Trinajstić information content (AvgIpc) is 2.76. The maximum atomic E-state index is 4.56. The first kappa shape index (κ1) is 17.2. The van der Waals surface area contributed by atoms with Crippen LogP contribution in [-0.4, -0.2) is 46.4 Å². The van der Waals surface area contributed by atoms with Gasteiger partial charge < -0.3 is 5.32 Å². The van der Waals surface area contributed by atoms with E-state index >= 15 is 0 Å². The molecule has 0 aliphatic heterocycles. The summed E-state index contributed by atoms with van der Waals surface area (Å²) < 4.78 is 2.12. The summed E-state index contributed by atoms with van der Waals surface area (Å²) in [4.78, 5) is 2.52. The molecule has 1 aromatic heterocycles. The molecule has 1 N–H and O–H groups in total. The van der Waals surface area contributed by atoms with E-state index in [9.17, 15) is 0 Å². The van der Waals surface area contributed by atoms with Crippen molar-refractivity contribution in [3.05, 3.63) is 17.5 Å². The lowest BCUT2D eigenvalue weighted by atomic mass is 9.88. The van der Waals surface area contributed by atoms with Gasteiger partial charge in [-0.1, -0.05) is 13.8 Å². The Hall–Kier alpha value is -0.870. The van der Waals surface area contributed by atoms with Crippen LogP contribution in [0.25, 0.3) is 0 Å². The first-order valence-electron chi connectivity index (χ1n) is 7.86. The SMILES string of the molecule is CCN(CC)C(C)(C)C(Cc1cc(C)nn1CC)NC. The molecule has 0 spiro atoms. The molecule has 0 amide bonds. The Kier molecular flexibility index (Phi) is 6.21. The van der Waals surface area contributed by atoms with Crippen LogP contribution in [0, 0.1) is 6.92 Å². The Morgan fingerprint density at radius 2 is 1.90 bits per heavy atom. The first-order valence-corrected chi connectivity index (χ1v) is 7.86. The van der Waals surface area contributed by atoms with Crippen LogP contribution in [0.3, 0.4) is 0 Å². The average molecular weight is 280 g/mol. The highest BCUT2D eigenvalue weighted by atomic mass is 15.3. The summed E-state index contributed by atoms with van der Waals surface area (Å²) in [7, 11) is 2.06. The normalized spacial score (nSPS) is 14.0. The molecule has 1 rings (SSSR count). The molecule has 4 heteroatoms.